The van der Waals surface area contributed by atoms with E-state index in [9.17, 15) is 9.59 Å². The lowest BCUT2D eigenvalue weighted by Crippen LogP contribution is -2.43. The first-order valence-electron chi connectivity index (χ1n) is 10.1. The van der Waals surface area contributed by atoms with E-state index in [1.807, 2.05) is 62.9 Å². The molecule has 0 saturated heterocycles. The molecule has 0 spiro atoms. The number of anilines is 2. The van der Waals surface area contributed by atoms with Crippen molar-refractivity contribution in [2.45, 2.75) is 41.5 Å². The molecule has 0 atom stereocenters. The van der Waals surface area contributed by atoms with Gasteiger partial charge in [-0.2, -0.15) is 0 Å². The van der Waals surface area contributed by atoms with Crippen LogP contribution in [-0.4, -0.2) is 25.0 Å². The summed E-state index contributed by atoms with van der Waals surface area (Å²) >= 11 is 0. The first-order chi connectivity index (χ1) is 13.6. The number of benzene rings is 2. The Labute approximate surface area is 173 Å². The second kappa shape index (κ2) is 7.90. The van der Waals surface area contributed by atoms with Crippen LogP contribution in [0.25, 0.3) is 0 Å². The average Bonchev–Trinajstić information content (AvgIpc) is 2.71. The highest BCUT2D eigenvalue weighted by molar-refractivity contribution is 6.06. The number of carbonyl (C=O) groups is 2. The first-order valence-corrected chi connectivity index (χ1v) is 10.1. The van der Waals surface area contributed by atoms with Crippen LogP contribution >= 0.6 is 0 Å². The van der Waals surface area contributed by atoms with Crippen LogP contribution < -0.4 is 15.0 Å². The van der Waals surface area contributed by atoms with Crippen molar-refractivity contribution in [3.8, 4) is 5.75 Å². The van der Waals surface area contributed by atoms with Crippen molar-refractivity contribution in [1.82, 2.24) is 0 Å². The minimum absolute atomic E-state index is 0.0528. The van der Waals surface area contributed by atoms with Gasteiger partial charge in [-0.25, -0.2) is 0 Å². The highest BCUT2D eigenvalue weighted by atomic mass is 16.5. The molecule has 0 bridgehead atoms. The molecule has 154 valence electrons. The van der Waals surface area contributed by atoms with Crippen LogP contribution in [0, 0.1) is 25.2 Å². The van der Waals surface area contributed by atoms with Crippen molar-refractivity contribution in [2.24, 2.45) is 11.3 Å². The third-order valence-corrected chi connectivity index (χ3v) is 5.10. The molecule has 1 aliphatic heterocycles. The van der Waals surface area contributed by atoms with Gasteiger partial charge in [0.25, 0.3) is 5.91 Å². The Kier molecular flexibility index (Phi) is 5.69. The first kappa shape index (κ1) is 20.9. The van der Waals surface area contributed by atoms with Crippen LogP contribution in [0.5, 0.6) is 5.75 Å². The normalized spacial score (nSPS) is 15.6. The van der Waals surface area contributed by atoms with Crippen LogP contribution in [0.2, 0.25) is 0 Å². The van der Waals surface area contributed by atoms with Crippen molar-refractivity contribution in [3.05, 3.63) is 53.1 Å². The molecular weight excluding hydrogens is 364 g/mol. The summed E-state index contributed by atoms with van der Waals surface area (Å²) in [4.78, 5) is 27.6. The summed E-state index contributed by atoms with van der Waals surface area (Å²) in [5.74, 6) is 0.830. The van der Waals surface area contributed by atoms with Gasteiger partial charge >= 0.3 is 0 Å². The molecule has 2 aromatic carbocycles. The zero-order valence-electron chi connectivity index (χ0n) is 18.1. The third-order valence-electron chi connectivity index (χ3n) is 5.10. The molecule has 0 aromatic heterocycles. The minimum Gasteiger partial charge on any atom is -0.490 e. The summed E-state index contributed by atoms with van der Waals surface area (Å²) in [5, 5.41) is 2.95. The zero-order valence-corrected chi connectivity index (χ0v) is 18.1. The maximum absolute atomic E-state index is 13.1. The van der Waals surface area contributed by atoms with Gasteiger partial charge in [0, 0.05) is 23.9 Å². The summed E-state index contributed by atoms with van der Waals surface area (Å²) < 4.78 is 6.00. The second-order valence-corrected chi connectivity index (χ2v) is 8.94. The number of ether oxygens (including phenoxy) is 1. The lowest BCUT2D eigenvalue weighted by Gasteiger charge is -2.29. The number of hydrogen-bond acceptors (Lipinski definition) is 3. The molecule has 29 heavy (non-hydrogen) atoms. The van der Waals surface area contributed by atoms with Gasteiger partial charge in [0.05, 0.1) is 11.1 Å². The number of hydrogen-bond donors (Lipinski definition) is 1. The van der Waals surface area contributed by atoms with Gasteiger partial charge in [-0.1, -0.05) is 31.5 Å². The minimum atomic E-state index is -0.615. The van der Waals surface area contributed by atoms with E-state index < -0.39 is 5.41 Å². The summed E-state index contributed by atoms with van der Waals surface area (Å²) in [6.45, 7) is 12.8. The van der Waals surface area contributed by atoms with Gasteiger partial charge in [0.2, 0.25) is 5.91 Å². The molecule has 2 amide bonds. The van der Waals surface area contributed by atoms with E-state index in [-0.39, 0.29) is 11.8 Å². The van der Waals surface area contributed by atoms with Gasteiger partial charge in [-0.15, -0.1) is 0 Å². The Morgan fingerprint density at radius 2 is 1.90 bits per heavy atom. The molecule has 0 aliphatic carbocycles. The maximum Gasteiger partial charge on any atom is 0.255 e. The monoisotopic (exact) mass is 394 g/mol. The lowest BCUT2D eigenvalue weighted by atomic mass is 9.92. The Balaban J connectivity index is 1.91. The molecule has 1 aliphatic rings. The fourth-order valence-electron chi connectivity index (χ4n) is 3.54. The highest BCUT2D eigenvalue weighted by Crippen LogP contribution is 2.38. The van der Waals surface area contributed by atoms with E-state index in [4.69, 9.17) is 4.74 Å². The van der Waals surface area contributed by atoms with Crippen molar-refractivity contribution in [1.29, 1.82) is 0 Å². The Morgan fingerprint density at radius 3 is 2.55 bits per heavy atom. The number of amides is 2. The molecule has 3 rings (SSSR count). The van der Waals surface area contributed by atoms with Crippen molar-refractivity contribution >= 4 is 23.2 Å². The van der Waals surface area contributed by atoms with Crippen LogP contribution in [0.3, 0.4) is 0 Å². The molecule has 5 nitrogen and oxygen atoms in total. The van der Waals surface area contributed by atoms with Gasteiger partial charge in [-0.05, 0) is 57.4 Å². The predicted molar refractivity (Wildman–Crippen MR) is 117 cm³/mol. The van der Waals surface area contributed by atoms with Crippen LogP contribution in [0.1, 0.15) is 49.2 Å². The largest absolute Gasteiger partial charge is 0.490 e. The van der Waals surface area contributed by atoms with E-state index in [0.717, 1.165) is 16.8 Å². The number of nitrogens with zero attached hydrogens (tertiary/aromatic N) is 1. The molecule has 1 heterocycles. The summed E-state index contributed by atoms with van der Waals surface area (Å²) in [5.41, 5.74) is 3.48. The van der Waals surface area contributed by atoms with E-state index in [1.54, 1.807) is 6.07 Å². The number of carbonyl (C=O) groups excluding carboxylic acids is 2. The van der Waals surface area contributed by atoms with Crippen LogP contribution in [0.4, 0.5) is 11.4 Å². The zero-order chi connectivity index (χ0) is 21.3. The van der Waals surface area contributed by atoms with Gasteiger partial charge < -0.3 is 15.0 Å². The van der Waals surface area contributed by atoms with Gasteiger partial charge in [-0.3, -0.25) is 9.59 Å². The number of aryl methyl sites for hydroxylation is 2. The van der Waals surface area contributed by atoms with Gasteiger partial charge in [0.15, 0.2) is 0 Å². The lowest BCUT2D eigenvalue weighted by molar-refractivity contribution is -0.127. The van der Waals surface area contributed by atoms with E-state index in [2.05, 4.69) is 19.2 Å². The quantitative estimate of drug-likeness (QED) is 0.797. The number of rotatable bonds is 4. The standard InChI is InChI=1S/C24H30N2O3/c1-15(2)13-26-20-10-8-18(12-21(20)29-14-24(5,6)23(26)28)25-22(27)19-9-7-16(3)11-17(19)4/h7-12,15H,13-14H2,1-6H3,(H,25,27). The molecular formula is C24H30N2O3. The smallest absolute Gasteiger partial charge is 0.255 e. The highest BCUT2D eigenvalue weighted by Gasteiger charge is 2.38. The fraction of sp³-hybridized carbons (Fsp3) is 0.417. The molecule has 0 radical (unpaired) electrons. The van der Waals surface area contributed by atoms with Crippen molar-refractivity contribution < 1.29 is 14.3 Å². The topological polar surface area (TPSA) is 58.6 Å². The Bertz CT molecular complexity index is 947. The molecule has 0 fully saturated rings. The molecule has 2 aromatic rings. The number of fused-ring (bicyclic) bond motifs is 1. The second-order valence-electron chi connectivity index (χ2n) is 8.94. The van der Waals surface area contributed by atoms with Crippen LogP contribution in [-0.2, 0) is 4.79 Å². The SMILES string of the molecule is Cc1ccc(C(=O)Nc2ccc3c(c2)OCC(C)(C)C(=O)N3CC(C)C)c(C)c1. The molecule has 1 N–H and O–H groups in total. The van der Waals surface area contributed by atoms with E-state index >= 15 is 0 Å². The fourth-order valence-corrected chi connectivity index (χ4v) is 3.54. The number of nitrogens with one attached hydrogen (secondary N) is 1. The molecule has 0 saturated carbocycles. The van der Waals surface area contributed by atoms with Crippen LogP contribution in [0.15, 0.2) is 36.4 Å². The predicted octanol–water partition coefficient (Wildman–Crippen LogP) is 4.96. The van der Waals surface area contributed by atoms with Crippen molar-refractivity contribution in [3.63, 3.8) is 0 Å². The summed E-state index contributed by atoms with van der Waals surface area (Å²) in [6.07, 6.45) is 0. The maximum atomic E-state index is 13.1. The Hall–Kier alpha value is -2.82. The molecule has 0 unspecified atom stereocenters. The Morgan fingerprint density at radius 1 is 1.17 bits per heavy atom. The van der Waals surface area contributed by atoms with Gasteiger partial charge in [0.1, 0.15) is 12.4 Å². The summed E-state index contributed by atoms with van der Waals surface area (Å²) in [7, 11) is 0. The third kappa shape index (κ3) is 4.44. The molecule has 5 heteroatoms. The van der Waals surface area contributed by atoms with E-state index in [0.29, 0.717) is 36.1 Å². The summed E-state index contributed by atoms with van der Waals surface area (Å²) in [6, 6.07) is 11.2. The average molecular weight is 395 g/mol. The van der Waals surface area contributed by atoms with Crippen molar-refractivity contribution in [2.75, 3.05) is 23.4 Å². The van der Waals surface area contributed by atoms with E-state index in [1.165, 1.54) is 0 Å².